The maximum atomic E-state index is 5.99. The van der Waals surface area contributed by atoms with Gasteiger partial charge in [0.15, 0.2) is 0 Å². The van der Waals surface area contributed by atoms with Crippen LogP contribution >= 0.6 is 0 Å². The fraction of sp³-hybridized carbons (Fsp3) is 0.294. The molecule has 1 aliphatic heterocycles. The monoisotopic (exact) mass is 238 g/mol. The average molecular weight is 238 g/mol. The molecule has 0 radical (unpaired) electrons. The van der Waals surface area contributed by atoms with Crippen LogP contribution in [0.4, 0.5) is 0 Å². The minimum absolute atomic E-state index is 0.297. The SMILES string of the molecule is Cc1ccc(C)c(-c2cccc3c2OC(C)C3)c1. The second kappa shape index (κ2) is 4.16. The van der Waals surface area contributed by atoms with E-state index in [1.54, 1.807) is 0 Å². The lowest BCUT2D eigenvalue weighted by Gasteiger charge is -2.12. The van der Waals surface area contributed by atoms with Crippen molar-refractivity contribution in [1.29, 1.82) is 0 Å². The first kappa shape index (κ1) is 11.3. The number of fused-ring (bicyclic) bond motifs is 1. The van der Waals surface area contributed by atoms with Gasteiger partial charge in [-0.25, -0.2) is 0 Å². The molecule has 1 aliphatic rings. The molecule has 18 heavy (non-hydrogen) atoms. The van der Waals surface area contributed by atoms with Crippen LogP contribution in [0.5, 0.6) is 5.75 Å². The van der Waals surface area contributed by atoms with Crippen molar-refractivity contribution in [3.8, 4) is 16.9 Å². The van der Waals surface area contributed by atoms with Crippen molar-refractivity contribution in [3.63, 3.8) is 0 Å². The van der Waals surface area contributed by atoms with Gasteiger partial charge in [-0.15, -0.1) is 0 Å². The summed E-state index contributed by atoms with van der Waals surface area (Å²) in [5.41, 5.74) is 6.45. The topological polar surface area (TPSA) is 9.23 Å². The second-order valence-electron chi connectivity index (χ2n) is 5.24. The molecule has 1 nitrogen and oxygen atoms in total. The summed E-state index contributed by atoms with van der Waals surface area (Å²) >= 11 is 0. The Hall–Kier alpha value is -1.76. The van der Waals surface area contributed by atoms with Gasteiger partial charge in [-0.2, -0.15) is 0 Å². The van der Waals surface area contributed by atoms with Gasteiger partial charge in [-0.3, -0.25) is 0 Å². The van der Waals surface area contributed by atoms with Crippen LogP contribution in [0.15, 0.2) is 36.4 Å². The van der Waals surface area contributed by atoms with E-state index in [1.807, 2.05) is 0 Å². The highest BCUT2D eigenvalue weighted by Gasteiger charge is 2.22. The summed E-state index contributed by atoms with van der Waals surface area (Å²) in [5.74, 6) is 1.08. The van der Waals surface area contributed by atoms with Crippen LogP contribution in [0, 0.1) is 13.8 Å². The Morgan fingerprint density at radius 3 is 2.72 bits per heavy atom. The molecule has 3 rings (SSSR count). The Labute approximate surface area is 108 Å². The first-order chi connectivity index (χ1) is 8.65. The predicted molar refractivity (Wildman–Crippen MR) is 75.1 cm³/mol. The minimum Gasteiger partial charge on any atom is -0.489 e. The molecule has 92 valence electrons. The van der Waals surface area contributed by atoms with Gasteiger partial charge in [0.05, 0.1) is 0 Å². The fourth-order valence-corrected chi connectivity index (χ4v) is 2.68. The quantitative estimate of drug-likeness (QED) is 0.720. The molecule has 1 atom stereocenters. The molecule has 0 aliphatic carbocycles. The number of benzene rings is 2. The Kier molecular flexibility index (Phi) is 2.62. The standard InChI is InChI=1S/C17H18O/c1-11-7-8-12(2)16(9-11)15-6-4-5-14-10-13(3)18-17(14)15/h4-9,13H,10H2,1-3H3. The second-order valence-corrected chi connectivity index (χ2v) is 5.24. The summed E-state index contributed by atoms with van der Waals surface area (Å²) in [6, 6.07) is 13.1. The molecule has 1 unspecified atom stereocenters. The summed E-state index contributed by atoms with van der Waals surface area (Å²) in [6.07, 6.45) is 1.32. The zero-order valence-electron chi connectivity index (χ0n) is 11.2. The molecule has 1 heterocycles. The average Bonchev–Trinajstić information content (AvgIpc) is 2.72. The Bertz CT molecular complexity index is 599. The van der Waals surface area contributed by atoms with E-state index in [9.17, 15) is 0 Å². The maximum absolute atomic E-state index is 5.99. The molecule has 2 aromatic carbocycles. The lowest BCUT2D eigenvalue weighted by molar-refractivity contribution is 0.255. The zero-order chi connectivity index (χ0) is 12.7. The molecule has 0 saturated carbocycles. The van der Waals surface area contributed by atoms with Crippen molar-refractivity contribution in [2.45, 2.75) is 33.3 Å². The van der Waals surface area contributed by atoms with Crippen LogP contribution in [-0.4, -0.2) is 6.10 Å². The molecule has 0 N–H and O–H groups in total. The van der Waals surface area contributed by atoms with Crippen molar-refractivity contribution < 1.29 is 4.74 Å². The normalized spacial score (nSPS) is 17.4. The van der Waals surface area contributed by atoms with E-state index >= 15 is 0 Å². The smallest absolute Gasteiger partial charge is 0.130 e. The van der Waals surface area contributed by atoms with Gasteiger partial charge < -0.3 is 4.74 Å². The minimum atomic E-state index is 0.297. The van der Waals surface area contributed by atoms with Gasteiger partial charge in [0.2, 0.25) is 0 Å². The first-order valence-electron chi connectivity index (χ1n) is 6.51. The maximum Gasteiger partial charge on any atom is 0.130 e. The third-order valence-electron chi connectivity index (χ3n) is 3.61. The van der Waals surface area contributed by atoms with Gasteiger partial charge in [0.1, 0.15) is 11.9 Å². The van der Waals surface area contributed by atoms with Crippen molar-refractivity contribution in [2.75, 3.05) is 0 Å². The third kappa shape index (κ3) is 1.80. The van der Waals surface area contributed by atoms with Crippen molar-refractivity contribution in [3.05, 3.63) is 53.1 Å². The van der Waals surface area contributed by atoms with Gasteiger partial charge in [0, 0.05) is 12.0 Å². The van der Waals surface area contributed by atoms with Crippen LogP contribution in [0.1, 0.15) is 23.6 Å². The molecule has 0 saturated heterocycles. The molecular weight excluding hydrogens is 220 g/mol. The molecule has 2 aromatic rings. The molecule has 0 bridgehead atoms. The first-order valence-corrected chi connectivity index (χ1v) is 6.51. The zero-order valence-corrected chi connectivity index (χ0v) is 11.2. The summed E-state index contributed by atoms with van der Waals surface area (Å²) in [6.45, 7) is 6.43. The van der Waals surface area contributed by atoms with Crippen LogP contribution in [0.2, 0.25) is 0 Å². The lowest BCUT2D eigenvalue weighted by Crippen LogP contribution is -2.05. The summed E-state index contributed by atoms with van der Waals surface area (Å²) in [4.78, 5) is 0. The highest BCUT2D eigenvalue weighted by molar-refractivity contribution is 5.76. The number of rotatable bonds is 1. The van der Waals surface area contributed by atoms with Gasteiger partial charge in [-0.05, 0) is 37.5 Å². The molecule has 1 heteroatoms. The van der Waals surface area contributed by atoms with E-state index in [0.29, 0.717) is 6.10 Å². The van der Waals surface area contributed by atoms with Crippen LogP contribution < -0.4 is 4.74 Å². The van der Waals surface area contributed by atoms with Gasteiger partial charge in [-0.1, -0.05) is 42.0 Å². The molecular formula is C17H18O. The molecule has 0 amide bonds. The summed E-state index contributed by atoms with van der Waals surface area (Å²) < 4.78 is 5.99. The largest absolute Gasteiger partial charge is 0.489 e. The third-order valence-corrected chi connectivity index (χ3v) is 3.61. The lowest BCUT2D eigenvalue weighted by atomic mass is 9.96. The van der Waals surface area contributed by atoms with Gasteiger partial charge in [0.25, 0.3) is 0 Å². The van der Waals surface area contributed by atoms with Gasteiger partial charge >= 0.3 is 0 Å². The highest BCUT2D eigenvalue weighted by atomic mass is 16.5. The number of ether oxygens (including phenoxy) is 1. The van der Waals surface area contributed by atoms with E-state index in [-0.39, 0.29) is 0 Å². The molecule has 0 fully saturated rings. The van der Waals surface area contributed by atoms with Crippen LogP contribution in [0.25, 0.3) is 11.1 Å². The van der Waals surface area contributed by atoms with Crippen LogP contribution in [-0.2, 0) is 6.42 Å². The van der Waals surface area contributed by atoms with Crippen molar-refractivity contribution in [1.82, 2.24) is 0 Å². The number of para-hydroxylation sites is 1. The number of aryl methyl sites for hydroxylation is 2. The summed E-state index contributed by atoms with van der Waals surface area (Å²) in [5, 5.41) is 0. The highest BCUT2D eigenvalue weighted by Crippen LogP contribution is 2.39. The number of hydrogen-bond acceptors (Lipinski definition) is 1. The number of hydrogen-bond donors (Lipinski definition) is 0. The van der Waals surface area contributed by atoms with E-state index in [4.69, 9.17) is 4.74 Å². The fourth-order valence-electron chi connectivity index (χ4n) is 2.68. The Balaban J connectivity index is 2.19. The van der Waals surface area contributed by atoms with E-state index in [1.165, 1.54) is 27.8 Å². The molecule has 0 aromatic heterocycles. The Morgan fingerprint density at radius 1 is 1.06 bits per heavy atom. The summed E-state index contributed by atoms with van der Waals surface area (Å²) in [7, 11) is 0. The van der Waals surface area contributed by atoms with E-state index in [2.05, 4.69) is 57.2 Å². The van der Waals surface area contributed by atoms with E-state index < -0.39 is 0 Å². The van der Waals surface area contributed by atoms with Crippen molar-refractivity contribution in [2.24, 2.45) is 0 Å². The van der Waals surface area contributed by atoms with Crippen LogP contribution in [0.3, 0.4) is 0 Å². The molecule has 0 spiro atoms. The van der Waals surface area contributed by atoms with Crippen molar-refractivity contribution >= 4 is 0 Å². The predicted octanol–water partition coefficient (Wildman–Crippen LogP) is 4.29. The Morgan fingerprint density at radius 2 is 1.89 bits per heavy atom. The van der Waals surface area contributed by atoms with E-state index in [0.717, 1.165) is 12.2 Å².